The first-order valence-corrected chi connectivity index (χ1v) is 15.2. The van der Waals surface area contributed by atoms with E-state index in [2.05, 4.69) is 20.5 Å². The van der Waals surface area contributed by atoms with E-state index in [9.17, 15) is 9.59 Å². The first-order valence-electron chi connectivity index (χ1n) is 13.3. The van der Waals surface area contributed by atoms with Gasteiger partial charge in [0.25, 0.3) is 5.91 Å². The van der Waals surface area contributed by atoms with Crippen molar-refractivity contribution < 1.29 is 28.8 Å². The van der Waals surface area contributed by atoms with E-state index in [0.29, 0.717) is 71.8 Å². The number of amides is 1. The van der Waals surface area contributed by atoms with Crippen LogP contribution in [0.3, 0.4) is 0 Å². The van der Waals surface area contributed by atoms with E-state index in [1.54, 1.807) is 24.4 Å². The van der Waals surface area contributed by atoms with Gasteiger partial charge in [0, 0.05) is 37.4 Å². The van der Waals surface area contributed by atoms with Crippen LogP contribution in [0.25, 0.3) is 0 Å². The quantitative estimate of drug-likeness (QED) is 0.220. The molecule has 2 heterocycles. The van der Waals surface area contributed by atoms with Crippen molar-refractivity contribution in [2.24, 2.45) is 5.41 Å². The lowest BCUT2D eigenvalue weighted by atomic mass is 9.93. The van der Waals surface area contributed by atoms with Gasteiger partial charge in [-0.05, 0) is 74.5 Å². The van der Waals surface area contributed by atoms with Gasteiger partial charge >= 0.3 is 8.17 Å². The molecule has 1 aromatic heterocycles. The van der Waals surface area contributed by atoms with Gasteiger partial charge in [-0.1, -0.05) is 17.7 Å². The second kappa shape index (κ2) is 11.6. The van der Waals surface area contributed by atoms with Gasteiger partial charge < -0.3 is 15.5 Å². The molecule has 1 saturated heterocycles. The predicted molar refractivity (Wildman–Crippen MR) is 147 cm³/mol. The topological polar surface area (TPSA) is 157 Å². The third kappa shape index (κ3) is 7.22. The standard InChI is InChI=1S/C26H33ClN5O6P/c27-22-13-17(1-2-18(22)16-33)14-28-23-21(15-29-25(31-23)32-11-9-26(7-8-26)10-12-32)24(34)30-19-3-5-20(6-4-19)38-39(35,36)37/h1-2,13,15-16,19-20,35-37H,3-12,14H2,(H-,28,29,30,31,34)/p+1. The number of carbonyl (C=O) groups excluding carboxylic acids is 2. The summed E-state index contributed by atoms with van der Waals surface area (Å²) in [6.45, 7) is 2.12. The Morgan fingerprint density at radius 2 is 1.87 bits per heavy atom. The molecular weight excluding hydrogens is 545 g/mol. The van der Waals surface area contributed by atoms with E-state index < -0.39 is 14.3 Å². The molecule has 1 amide bonds. The number of nitrogens with zero attached hydrogens (tertiary/aromatic N) is 3. The van der Waals surface area contributed by atoms with Crippen molar-refractivity contribution in [3.63, 3.8) is 0 Å². The maximum absolute atomic E-state index is 13.3. The number of benzene rings is 1. The molecule has 11 nitrogen and oxygen atoms in total. The SMILES string of the molecule is O=Cc1ccc(CNc2nc(N3CCC4(CC3)CC4)ncc2C(=O)NC2CCC(O[P+](O)(O)O)CC2)cc1Cl. The Morgan fingerprint density at radius 1 is 1.15 bits per heavy atom. The van der Waals surface area contributed by atoms with E-state index in [1.807, 2.05) is 0 Å². The summed E-state index contributed by atoms with van der Waals surface area (Å²) >= 11 is 6.20. The van der Waals surface area contributed by atoms with Gasteiger partial charge in [-0.25, -0.2) is 4.98 Å². The van der Waals surface area contributed by atoms with Gasteiger partial charge in [0.15, 0.2) is 6.29 Å². The van der Waals surface area contributed by atoms with Gasteiger partial charge in [-0.2, -0.15) is 24.2 Å². The number of aromatic nitrogens is 2. The maximum atomic E-state index is 13.3. The molecule has 39 heavy (non-hydrogen) atoms. The number of hydrogen-bond acceptors (Lipinski definition) is 10. The highest BCUT2D eigenvalue weighted by Gasteiger charge is 2.45. The lowest BCUT2D eigenvalue weighted by Gasteiger charge is -2.32. The Morgan fingerprint density at radius 3 is 2.49 bits per heavy atom. The Hall–Kier alpha value is -2.40. The number of halogens is 1. The van der Waals surface area contributed by atoms with Crippen LogP contribution >= 0.6 is 19.8 Å². The van der Waals surface area contributed by atoms with Crippen LogP contribution < -0.4 is 15.5 Å². The minimum Gasteiger partial charge on any atom is -0.365 e. The van der Waals surface area contributed by atoms with Crippen LogP contribution in [0.2, 0.25) is 5.02 Å². The molecule has 1 aromatic carbocycles. The number of rotatable bonds is 9. The van der Waals surface area contributed by atoms with Gasteiger partial charge in [-0.3, -0.25) is 9.59 Å². The van der Waals surface area contributed by atoms with Gasteiger partial charge in [-0.15, -0.1) is 0 Å². The molecule has 2 saturated carbocycles. The van der Waals surface area contributed by atoms with E-state index >= 15 is 0 Å². The highest BCUT2D eigenvalue weighted by atomic mass is 35.5. The monoisotopic (exact) mass is 578 g/mol. The molecule has 2 aromatic rings. The summed E-state index contributed by atoms with van der Waals surface area (Å²) < 4.78 is 4.92. The van der Waals surface area contributed by atoms with Crippen LogP contribution in [-0.2, 0) is 11.1 Å². The van der Waals surface area contributed by atoms with Crippen molar-refractivity contribution >= 4 is 43.7 Å². The van der Waals surface area contributed by atoms with Crippen molar-refractivity contribution in [2.75, 3.05) is 23.3 Å². The molecule has 0 radical (unpaired) electrons. The number of piperidine rings is 1. The highest BCUT2D eigenvalue weighted by Crippen LogP contribution is 2.53. The molecule has 210 valence electrons. The fraction of sp³-hybridized carbons (Fsp3) is 0.538. The normalized spacial score (nSPS) is 22.4. The average molecular weight is 579 g/mol. The summed E-state index contributed by atoms with van der Waals surface area (Å²) in [5, 5.41) is 6.66. The second-order valence-electron chi connectivity index (χ2n) is 10.8. The predicted octanol–water partition coefficient (Wildman–Crippen LogP) is 3.65. The maximum Gasteiger partial charge on any atom is 0.567 e. The van der Waals surface area contributed by atoms with Crippen molar-refractivity contribution in [2.45, 2.75) is 70.1 Å². The molecule has 0 unspecified atom stereocenters. The Kier molecular flexibility index (Phi) is 8.37. The van der Waals surface area contributed by atoms with Gasteiger partial charge in [0.05, 0.1) is 5.02 Å². The van der Waals surface area contributed by atoms with Crippen LogP contribution in [-0.4, -0.2) is 62.1 Å². The summed E-state index contributed by atoms with van der Waals surface area (Å²) in [7, 11) is -4.29. The summed E-state index contributed by atoms with van der Waals surface area (Å²) in [4.78, 5) is 63.4. The zero-order valence-corrected chi connectivity index (χ0v) is 23.2. The summed E-state index contributed by atoms with van der Waals surface area (Å²) in [6, 6.07) is 5.03. The zero-order chi connectivity index (χ0) is 27.6. The highest BCUT2D eigenvalue weighted by molar-refractivity contribution is 7.53. The lowest BCUT2D eigenvalue weighted by molar-refractivity contribution is 0.0699. The zero-order valence-electron chi connectivity index (χ0n) is 21.6. The number of carbonyl (C=O) groups is 2. The third-order valence-corrected chi connectivity index (χ3v) is 8.94. The molecule has 3 fully saturated rings. The minimum atomic E-state index is -4.29. The third-order valence-electron chi connectivity index (χ3n) is 8.04. The van der Waals surface area contributed by atoms with Gasteiger partial charge in [0.2, 0.25) is 5.95 Å². The molecule has 5 rings (SSSR count). The lowest BCUT2D eigenvalue weighted by Crippen LogP contribution is -2.39. The van der Waals surface area contributed by atoms with Crippen LogP contribution in [0.1, 0.15) is 77.6 Å². The largest absolute Gasteiger partial charge is 0.567 e. The van der Waals surface area contributed by atoms with Crippen LogP contribution in [0.5, 0.6) is 0 Å². The second-order valence-corrected chi connectivity index (χ2v) is 12.5. The number of hydrogen-bond donors (Lipinski definition) is 5. The smallest absolute Gasteiger partial charge is 0.365 e. The van der Waals surface area contributed by atoms with Crippen LogP contribution in [0, 0.1) is 5.41 Å². The van der Waals surface area contributed by atoms with Crippen molar-refractivity contribution in [3.8, 4) is 0 Å². The Balaban J connectivity index is 1.29. The average Bonchev–Trinajstić information content (AvgIpc) is 3.66. The van der Waals surface area contributed by atoms with Crippen LogP contribution in [0.4, 0.5) is 11.8 Å². The fourth-order valence-electron chi connectivity index (χ4n) is 5.42. The van der Waals surface area contributed by atoms with E-state index in [4.69, 9.17) is 35.8 Å². The van der Waals surface area contributed by atoms with Crippen molar-refractivity contribution in [1.29, 1.82) is 0 Å². The Bertz CT molecular complexity index is 1210. The molecule has 3 aliphatic rings. The fourth-order valence-corrected chi connectivity index (χ4v) is 6.28. The first-order chi connectivity index (χ1) is 18.6. The first kappa shape index (κ1) is 28.1. The molecule has 13 heteroatoms. The van der Waals surface area contributed by atoms with E-state index in [1.165, 1.54) is 12.8 Å². The molecule has 1 spiro atoms. The summed E-state index contributed by atoms with van der Waals surface area (Å²) in [5.74, 6) is 0.680. The molecule has 5 N–H and O–H groups in total. The number of aldehydes is 1. The van der Waals surface area contributed by atoms with E-state index in [-0.39, 0.29) is 11.9 Å². The van der Waals surface area contributed by atoms with Crippen LogP contribution in [0.15, 0.2) is 24.4 Å². The number of anilines is 2. The van der Waals surface area contributed by atoms with Crippen molar-refractivity contribution in [3.05, 3.63) is 46.1 Å². The van der Waals surface area contributed by atoms with Gasteiger partial charge in [0.1, 0.15) is 17.5 Å². The Labute approximate surface area is 232 Å². The molecule has 0 atom stereocenters. The number of nitrogens with one attached hydrogen (secondary N) is 2. The van der Waals surface area contributed by atoms with Crippen molar-refractivity contribution in [1.82, 2.24) is 15.3 Å². The van der Waals surface area contributed by atoms with E-state index in [0.717, 1.165) is 31.5 Å². The summed E-state index contributed by atoms with van der Waals surface area (Å²) in [5.41, 5.74) is 2.07. The molecule has 1 aliphatic heterocycles. The molecule has 0 bridgehead atoms. The summed E-state index contributed by atoms with van der Waals surface area (Å²) in [6.07, 6.45) is 8.73. The minimum absolute atomic E-state index is 0.139. The molecule has 2 aliphatic carbocycles. The molecular formula is C26H34ClN5O6P+.